The summed E-state index contributed by atoms with van der Waals surface area (Å²) in [5.41, 5.74) is 5.74. The van der Waals surface area contributed by atoms with Crippen LogP contribution in [0, 0.1) is 10.1 Å². The highest BCUT2D eigenvalue weighted by molar-refractivity contribution is 7.10. The molecule has 2 atom stereocenters. The summed E-state index contributed by atoms with van der Waals surface area (Å²) in [4.78, 5) is 11.8. The quantitative estimate of drug-likeness (QED) is 0.475. The molecule has 1 aliphatic heterocycles. The van der Waals surface area contributed by atoms with Crippen LogP contribution in [-0.4, -0.2) is 4.92 Å². The zero-order chi connectivity index (χ0) is 18.1. The van der Waals surface area contributed by atoms with Crippen molar-refractivity contribution in [1.29, 1.82) is 0 Å². The molecule has 3 aromatic rings. The van der Waals surface area contributed by atoms with Crippen molar-refractivity contribution in [3.8, 4) is 0 Å². The average Bonchev–Trinajstić information content (AvgIpc) is 3.32. The maximum atomic E-state index is 10.9. The standard InChI is InChI=1S/C19H16ClN3O2S/c20-14-5-9-15(10-6-14)22-18(19-2-1-11-26-19)12-17(21-22)13-3-7-16(8-4-13)23(24)25/h1-11,17-18,21H,12H2. The molecule has 7 heteroatoms. The topological polar surface area (TPSA) is 58.4 Å². The number of nitro groups is 1. The summed E-state index contributed by atoms with van der Waals surface area (Å²) in [6.45, 7) is 0. The number of benzene rings is 2. The van der Waals surface area contributed by atoms with Crippen LogP contribution >= 0.6 is 22.9 Å². The molecule has 4 rings (SSSR count). The zero-order valence-corrected chi connectivity index (χ0v) is 15.3. The molecular weight excluding hydrogens is 370 g/mol. The van der Waals surface area contributed by atoms with Gasteiger partial charge in [-0.25, -0.2) is 5.43 Å². The molecule has 2 aromatic carbocycles. The Labute approximate surface area is 160 Å². The van der Waals surface area contributed by atoms with Crippen LogP contribution in [0.5, 0.6) is 0 Å². The third-order valence-electron chi connectivity index (χ3n) is 4.55. The van der Waals surface area contributed by atoms with Crippen LogP contribution in [-0.2, 0) is 0 Å². The van der Waals surface area contributed by atoms with Crippen molar-refractivity contribution in [3.05, 3.63) is 91.6 Å². The van der Waals surface area contributed by atoms with Gasteiger partial charge in [-0.3, -0.25) is 15.1 Å². The van der Waals surface area contributed by atoms with Crippen LogP contribution in [0.15, 0.2) is 66.0 Å². The van der Waals surface area contributed by atoms with Gasteiger partial charge >= 0.3 is 0 Å². The molecule has 5 nitrogen and oxygen atoms in total. The van der Waals surface area contributed by atoms with Crippen molar-refractivity contribution in [2.45, 2.75) is 18.5 Å². The van der Waals surface area contributed by atoms with E-state index >= 15 is 0 Å². The van der Waals surface area contributed by atoms with Crippen LogP contribution in [0.2, 0.25) is 5.02 Å². The summed E-state index contributed by atoms with van der Waals surface area (Å²) in [6.07, 6.45) is 0.876. The second-order valence-corrected chi connectivity index (χ2v) is 7.56. The normalized spacial score (nSPS) is 19.7. The van der Waals surface area contributed by atoms with Crippen LogP contribution in [0.4, 0.5) is 11.4 Å². The van der Waals surface area contributed by atoms with Crippen molar-refractivity contribution >= 4 is 34.3 Å². The number of halogens is 1. The smallest absolute Gasteiger partial charge is 0.269 e. The first kappa shape index (κ1) is 17.0. The fourth-order valence-electron chi connectivity index (χ4n) is 3.26. The number of hydrogen-bond donors (Lipinski definition) is 1. The van der Waals surface area contributed by atoms with Gasteiger partial charge in [0.2, 0.25) is 0 Å². The number of nitrogens with one attached hydrogen (secondary N) is 1. The molecule has 0 spiro atoms. The Morgan fingerprint density at radius 2 is 1.85 bits per heavy atom. The predicted molar refractivity (Wildman–Crippen MR) is 105 cm³/mol. The second-order valence-electron chi connectivity index (χ2n) is 6.14. The van der Waals surface area contributed by atoms with Gasteiger partial charge < -0.3 is 0 Å². The van der Waals surface area contributed by atoms with Crippen LogP contribution in [0.25, 0.3) is 0 Å². The number of hydrazine groups is 1. The van der Waals surface area contributed by atoms with E-state index < -0.39 is 0 Å². The number of nitrogens with zero attached hydrogens (tertiary/aromatic N) is 2. The summed E-state index contributed by atoms with van der Waals surface area (Å²) in [7, 11) is 0. The number of thiophene rings is 1. The van der Waals surface area contributed by atoms with Crippen molar-refractivity contribution in [1.82, 2.24) is 5.43 Å². The number of non-ortho nitro benzene ring substituents is 1. The Kier molecular flexibility index (Phi) is 4.63. The van der Waals surface area contributed by atoms with Gasteiger partial charge in [-0.2, -0.15) is 0 Å². The van der Waals surface area contributed by atoms with E-state index in [2.05, 4.69) is 27.9 Å². The van der Waals surface area contributed by atoms with Crippen LogP contribution in [0.1, 0.15) is 28.9 Å². The number of hydrogen-bond acceptors (Lipinski definition) is 5. The molecule has 0 saturated carbocycles. The minimum Gasteiger partial charge on any atom is -0.300 e. The number of rotatable bonds is 4. The molecular formula is C19H16ClN3O2S. The maximum Gasteiger partial charge on any atom is 0.269 e. The van der Waals surface area contributed by atoms with E-state index in [1.165, 1.54) is 4.88 Å². The van der Waals surface area contributed by atoms with Gasteiger partial charge in [-0.05, 0) is 47.7 Å². The van der Waals surface area contributed by atoms with Crippen molar-refractivity contribution in [2.24, 2.45) is 0 Å². The molecule has 0 bridgehead atoms. The van der Waals surface area contributed by atoms with E-state index in [0.717, 1.165) is 17.7 Å². The van der Waals surface area contributed by atoms with Gasteiger partial charge in [0, 0.05) is 22.0 Å². The Morgan fingerprint density at radius 3 is 2.46 bits per heavy atom. The molecule has 2 heterocycles. The van der Waals surface area contributed by atoms with E-state index in [-0.39, 0.29) is 22.7 Å². The van der Waals surface area contributed by atoms with E-state index in [1.54, 1.807) is 23.5 Å². The lowest BCUT2D eigenvalue weighted by Gasteiger charge is -2.26. The largest absolute Gasteiger partial charge is 0.300 e. The molecule has 26 heavy (non-hydrogen) atoms. The highest BCUT2D eigenvalue weighted by Crippen LogP contribution is 2.41. The SMILES string of the molecule is O=[N+]([O-])c1ccc(C2CC(c3cccs3)N(c3ccc(Cl)cc3)N2)cc1. The molecule has 0 aliphatic carbocycles. The minimum atomic E-state index is -0.375. The van der Waals surface area contributed by atoms with Gasteiger partial charge in [-0.1, -0.05) is 29.8 Å². The number of anilines is 1. The fourth-order valence-corrected chi connectivity index (χ4v) is 4.21. The molecule has 132 valence electrons. The Morgan fingerprint density at radius 1 is 1.12 bits per heavy atom. The minimum absolute atomic E-state index is 0.0820. The summed E-state index contributed by atoms with van der Waals surface area (Å²) >= 11 is 7.76. The molecule has 1 aliphatic rings. The first-order valence-corrected chi connectivity index (χ1v) is 9.46. The van der Waals surface area contributed by atoms with Gasteiger partial charge in [0.1, 0.15) is 0 Å². The van der Waals surface area contributed by atoms with Crippen LogP contribution < -0.4 is 10.4 Å². The van der Waals surface area contributed by atoms with E-state index in [0.29, 0.717) is 5.02 Å². The monoisotopic (exact) mass is 385 g/mol. The highest BCUT2D eigenvalue weighted by atomic mass is 35.5. The number of nitro benzene ring substituents is 1. The predicted octanol–water partition coefficient (Wildman–Crippen LogP) is 5.51. The average molecular weight is 386 g/mol. The van der Waals surface area contributed by atoms with Gasteiger partial charge in [-0.15, -0.1) is 11.3 Å². The molecule has 1 aromatic heterocycles. The summed E-state index contributed by atoms with van der Waals surface area (Å²) in [5.74, 6) is 0. The lowest BCUT2D eigenvalue weighted by Crippen LogP contribution is -2.33. The summed E-state index contributed by atoms with van der Waals surface area (Å²) in [6, 6.07) is 19.0. The maximum absolute atomic E-state index is 10.9. The molecule has 1 saturated heterocycles. The zero-order valence-electron chi connectivity index (χ0n) is 13.7. The van der Waals surface area contributed by atoms with Crippen LogP contribution in [0.3, 0.4) is 0 Å². The lowest BCUT2D eigenvalue weighted by molar-refractivity contribution is -0.384. The Bertz CT molecular complexity index is 898. The Balaban J connectivity index is 1.64. The first-order valence-electron chi connectivity index (χ1n) is 8.20. The highest BCUT2D eigenvalue weighted by Gasteiger charge is 2.34. The Hall–Kier alpha value is -2.41. The molecule has 1 fully saturated rings. The van der Waals surface area contributed by atoms with Gasteiger partial charge in [0.25, 0.3) is 5.69 Å². The van der Waals surface area contributed by atoms with Gasteiger partial charge in [0.05, 0.1) is 22.7 Å². The lowest BCUT2D eigenvalue weighted by atomic mass is 10.0. The second kappa shape index (κ2) is 7.07. The van der Waals surface area contributed by atoms with Crippen molar-refractivity contribution < 1.29 is 4.92 Å². The molecule has 1 N–H and O–H groups in total. The van der Waals surface area contributed by atoms with Crippen molar-refractivity contribution in [3.63, 3.8) is 0 Å². The molecule has 0 radical (unpaired) electrons. The van der Waals surface area contributed by atoms with E-state index in [9.17, 15) is 10.1 Å². The van der Waals surface area contributed by atoms with E-state index in [1.807, 2.05) is 36.4 Å². The fraction of sp³-hybridized carbons (Fsp3) is 0.158. The third kappa shape index (κ3) is 3.31. The van der Waals surface area contributed by atoms with Crippen molar-refractivity contribution in [2.75, 3.05) is 5.01 Å². The third-order valence-corrected chi connectivity index (χ3v) is 5.77. The summed E-state index contributed by atoms with van der Waals surface area (Å²) < 4.78 is 0. The first-order chi connectivity index (χ1) is 12.6. The molecule has 2 unspecified atom stereocenters. The van der Waals surface area contributed by atoms with E-state index in [4.69, 9.17) is 11.6 Å². The molecule has 0 amide bonds. The summed E-state index contributed by atoms with van der Waals surface area (Å²) in [5, 5.41) is 15.8. The van der Waals surface area contributed by atoms with Gasteiger partial charge in [0.15, 0.2) is 0 Å².